The minimum atomic E-state index is -0.359. The van der Waals surface area contributed by atoms with Crippen LogP contribution in [0.5, 0.6) is 0 Å². The van der Waals surface area contributed by atoms with Gasteiger partial charge in [-0.25, -0.2) is 9.97 Å². The molecule has 0 aliphatic carbocycles. The summed E-state index contributed by atoms with van der Waals surface area (Å²) in [6, 6.07) is 9.39. The number of carbonyl (C=O) groups is 1. The third kappa shape index (κ3) is 2.82. The maximum absolute atomic E-state index is 12.3. The average molecular weight is 300 g/mol. The van der Waals surface area contributed by atoms with Crippen molar-refractivity contribution in [3.8, 4) is 11.3 Å². The van der Waals surface area contributed by atoms with Crippen molar-refractivity contribution in [3.63, 3.8) is 0 Å². The van der Waals surface area contributed by atoms with Gasteiger partial charge in [-0.05, 0) is 6.92 Å². The van der Waals surface area contributed by atoms with Crippen molar-refractivity contribution in [1.29, 1.82) is 0 Å². The van der Waals surface area contributed by atoms with Crippen molar-refractivity contribution in [2.45, 2.75) is 13.8 Å². The summed E-state index contributed by atoms with van der Waals surface area (Å²) in [6.07, 6.45) is 0. The van der Waals surface area contributed by atoms with E-state index in [-0.39, 0.29) is 11.6 Å². The van der Waals surface area contributed by atoms with Crippen LogP contribution in [0.15, 0.2) is 34.7 Å². The first-order chi connectivity index (χ1) is 10.1. The topological polar surface area (TPSA) is 80.9 Å². The van der Waals surface area contributed by atoms with Gasteiger partial charge >= 0.3 is 0 Å². The molecular weight excluding hydrogens is 288 g/mol. The Labute approximate surface area is 125 Å². The van der Waals surface area contributed by atoms with Gasteiger partial charge in [-0.3, -0.25) is 10.1 Å². The number of nitrogens with zero attached hydrogens (tertiary/aromatic N) is 3. The predicted molar refractivity (Wildman–Crippen MR) is 79.3 cm³/mol. The van der Waals surface area contributed by atoms with Crippen molar-refractivity contribution in [3.05, 3.63) is 47.7 Å². The Kier molecular flexibility index (Phi) is 3.49. The molecule has 7 heteroatoms. The standard InChI is InChI=1S/C14H12N4O2S/c1-8-15-14(21-18-8)17-13(19)11-12(20-9(2)16-11)10-6-4-3-5-7-10/h3-7H,1-2H3,(H,15,17,18,19). The van der Waals surface area contributed by atoms with Gasteiger partial charge in [-0.15, -0.1) is 0 Å². The van der Waals surface area contributed by atoms with Crippen molar-refractivity contribution >= 4 is 22.6 Å². The Balaban J connectivity index is 1.93. The number of anilines is 1. The van der Waals surface area contributed by atoms with Crippen LogP contribution < -0.4 is 5.32 Å². The number of nitrogens with one attached hydrogen (secondary N) is 1. The summed E-state index contributed by atoms with van der Waals surface area (Å²) in [5.41, 5.74) is 1.04. The van der Waals surface area contributed by atoms with Gasteiger partial charge in [0.05, 0.1) is 0 Å². The Morgan fingerprint density at radius 3 is 2.62 bits per heavy atom. The first-order valence-corrected chi connectivity index (χ1v) is 7.05. The highest BCUT2D eigenvalue weighted by molar-refractivity contribution is 7.09. The summed E-state index contributed by atoms with van der Waals surface area (Å²) < 4.78 is 9.58. The van der Waals surface area contributed by atoms with E-state index in [1.54, 1.807) is 13.8 Å². The Morgan fingerprint density at radius 2 is 1.95 bits per heavy atom. The van der Waals surface area contributed by atoms with E-state index in [4.69, 9.17) is 4.42 Å². The average Bonchev–Trinajstić information content (AvgIpc) is 3.06. The zero-order chi connectivity index (χ0) is 14.8. The zero-order valence-electron chi connectivity index (χ0n) is 11.5. The van der Waals surface area contributed by atoms with Crippen LogP contribution in [0.25, 0.3) is 11.3 Å². The van der Waals surface area contributed by atoms with Crippen molar-refractivity contribution < 1.29 is 9.21 Å². The lowest BCUT2D eigenvalue weighted by Crippen LogP contribution is -2.13. The number of oxazole rings is 1. The molecule has 2 aromatic heterocycles. The van der Waals surface area contributed by atoms with Gasteiger partial charge in [0.1, 0.15) is 5.82 Å². The lowest BCUT2D eigenvalue weighted by Gasteiger charge is -2.01. The number of rotatable bonds is 3. The highest BCUT2D eigenvalue weighted by Crippen LogP contribution is 2.25. The summed E-state index contributed by atoms with van der Waals surface area (Å²) in [7, 11) is 0. The van der Waals surface area contributed by atoms with Gasteiger partial charge in [0.25, 0.3) is 5.91 Å². The van der Waals surface area contributed by atoms with E-state index in [2.05, 4.69) is 19.7 Å². The molecule has 1 amide bonds. The summed E-state index contributed by atoms with van der Waals surface area (Å²) >= 11 is 1.13. The molecule has 0 saturated heterocycles. The molecular formula is C14H12N4O2S. The zero-order valence-corrected chi connectivity index (χ0v) is 12.3. The van der Waals surface area contributed by atoms with Crippen LogP contribution in [0.3, 0.4) is 0 Å². The molecule has 2 heterocycles. The maximum Gasteiger partial charge on any atom is 0.280 e. The fraction of sp³-hybridized carbons (Fsp3) is 0.143. The molecule has 0 spiro atoms. The number of amides is 1. The molecule has 0 aliphatic rings. The quantitative estimate of drug-likeness (QED) is 0.804. The van der Waals surface area contributed by atoms with E-state index in [0.717, 1.165) is 17.1 Å². The highest BCUT2D eigenvalue weighted by atomic mass is 32.1. The van der Waals surface area contributed by atoms with Gasteiger partial charge in [0.2, 0.25) is 5.13 Å². The molecule has 0 bridgehead atoms. The number of hydrogen-bond donors (Lipinski definition) is 1. The first-order valence-electron chi connectivity index (χ1n) is 6.28. The van der Waals surface area contributed by atoms with Crippen LogP contribution in [0, 0.1) is 13.8 Å². The summed E-state index contributed by atoms with van der Waals surface area (Å²) in [5.74, 6) is 1.15. The lowest BCUT2D eigenvalue weighted by molar-refractivity contribution is 0.102. The van der Waals surface area contributed by atoms with Crippen molar-refractivity contribution in [2.24, 2.45) is 0 Å². The monoisotopic (exact) mass is 300 g/mol. The molecule has 6 nitrogen and oxygen atoms in total. The molecule has 1 aromatic carbocycles. The second kappa shape index (κ2) is 5.45. The van der Waals surface area contributed by atoms with Crippen LogP contribution in [-0.4, -0.2) is 20.2 Å². The molecule has 0 radical (unpaired) electrons. The second-order valence-corrected chi connectivity index (χ2v) is 5.13. The minimum Gasteiger partial charge on any atom is -0.440 e. The number of hydrogen-bond acceptors (Lipinski definition) is 6. The van der Waals surface area contributed by atoms with E-state index in [1.807, 2.05) is 30.3 Å². The lowest BCUT2D eigenvalue weighted by atomic mass is 10.1. The highest BCUT2D eigenvalue weighted by Gasteiger charge is 2.21. The van der Waals surface area contributed by atoms with Crippen molar-refractivity contribution in [2.75, 3.05) is 5.32 Å². The SMILES string of the molecule is Cc1nsc(NC(=O)c2nc(C)oc2-c2ccccc2)n1. The Morgan fingerprint density at radius 1 is 1.19 bits per heavy atom. The number of aryl methyl sites for hydroxylation is 2. The van der Waals surface area contributed by atoms with E-state index in [1.165, 1.54) is 0 Å². The van der Waals surface area contributed by atoms with E-state index in [0.29, 0.717) is 22.6 Å². The van der Waals surface area contributed by atoms with Gasteiger partial charge in [-0.2, -0.15) is 4.37 Å². The smallest absolute Gasteiger partial charge is 0.280 e. The van der Waals surface area contributed by atoms with Crippen LogP contribution in [-0.2, 0) is 0 Å². The van der Waals surface area contributed by atoms with E-state index in [9.17, 15) is 4.79 Å². The number of carbonyl (C=O) groups excluding carboxylic acids is 1. The normalized spacial score (nSPS) is 10.6. The molecule has 3 rings (SSSR count). The molecule has 1 N–H and O–H groups in total. The Bertz CT molecular complexity index is 779. The summed E-state index contributed by atoms with van der Waals surface area (Å²) in [6.45, 7) is 3.47. The summed E-state index contributed by atoms with van der Waals surface area (Å²) in [5, 5.41) is 3.13. The maximum atomic E-state index is 12.3. The second-order valence-electron chi connectivity index (χ2n) is 4.38. The molecule has 0 aliphatic heterocycles. The van der Waals surface area contributed by atoms with Crippen LogP contribution in [0.2, 0.25) is 0 Å². The van der Waals surface area contributed by atoms with E-state index < -0.39 is 0 Å². The van der Waals surface area contributed by atoms with Gasteiger partial charge in [0, 0.05) is 24.0 Å². The predicted octanol–water partition coefficient (Wildman–Crippen LogP) is 3.06. The number of aromatic nitrogens is 3. The first kappa shape index (κ1) is 13.4. The van der Waals surface area contributed by atoms with Crippen LogP contribution >= 0.6 is 11.5 Å². The summed E-state index contributed by atoms with van der Waals surface area (Å²) in [4.78, 5) is 20.6. The molecule has 0 saturated carbocycles. The number of benzene rings is 1. The van der Waals surface area contributed by atoms with Gasteiger partial charge in [-0.1, -0.05) is 30.3 Å². The molecule has 106 valence electrons. The van der Waals surface area contributed by atoms with Crippen LogP contribution in [0.4, 0.5) is 5.13 Å². The minimum absolute atomic E-state index is 0.242. The van der Waals surface area contributed by atoms with Gasteiger partial charge < -0.3 is 4.42 Å². The Hall–Kier alpha value is -2.54. The third-order valence-corrected chi connectivity index (χ3v) is 3.45. The molecule has 0 unspecified atom stereocenters. The molecule has 0 fully saturated rings. The largest absolute Gasteiger partial charge is 0.440 e. The van der Waals surface area contributed by atoms with E-state index >= 15 is 0 Å². The fourth-order valence-electron chi connectivity index (χ4n) is 1.87. The molecule has 3 aromatic rings. The van der Waals surface area contributed by atoms with Crippen LogP contribution in [0.1, 0.15) is 22.2 Å². The van der Waals surface area contributed by atoms with Gasteiger partial charge in [0.15, 0.2) is 17.3 Å². The third-order valence-electron chi connectivity index (χ3n) is 2.73. The molecule has 0 atom stereocenters. The fourth-order valence-corrected chi connectivity index (χ4v) is 2.44. The van der Waals surface area contributed by atoms with Crippen molar-refractivity contribution in [1.82, 2.24) is 14.3 Å². The molecule has 21 heavy (non-hydrogen) atoms.